The largest absolute Gasteiger partial charge is 0.465 e. The molecule has 10 heteroatoms. The van der Waals surface area contributed by atoms with E-state index < -0.39 is 12.5 Å². The second kappa shape index (κ2) is 7.70. The first kappa shape index (κ1) is 20.1. The van der Waals surface area contributed by atoms with E-state index in [9.17, 15) is 18.4 Å². The third-order valence-corrected chi connectivity index (χ3v) is 5.88. The fourth-order valence-electron chi connectivity index (χ4n) is 4.20. The summed E-state index contributed by atoms with van der Waals surface area (Å²) in [6, 6.07) is 11.1. The Hall–Kier alpha value is -3.82. The smallest absolute Gasteiger partial charge is 0.404 e. The summed E-state index contributed by atoms with van der Waals surface area (Å²) in [4.78, 5) is 33.6. The zero-order valence-electron chi connectivity index (χ0n) is 16.6. The summed E-state index contributed by atoms with van der Waals surface area (Å²) in [5.41, 5.74) is 0.750. The molecular formula is C22H18F2N4O4. The molecule has 3 heterocycles. The van der Waals surface area contributed by atoms with E-state index in [-0.39, 0.29) is 35.2 Å². The molecule has 5 rings (SSSR count). The van der Waals surface area contributed by atoms with Gasteiger partial charge < -0.3 is 20.1 Å². The summed E-state index contributed by atoms with van der Waals surface area (Å²) < 4.78 is 30.9. The number of halogens is 2. The van der Waals surface area contributed by atoms with Gasteiger partial charge in [0.1, 0.15) is 11.4 Å². The molecule has 2 N–H and O–H groups in total. The lowest BCUT2D eigenvalue weighted by Crippen LogP contribution is -2.37. The molecule has 2 fully saturated rings. The van der Waals surface area contributed by atoms with Gasteiger partial charge in [0.05, 0.1) is 5.52 Å². The van der Waals surface area contributed by atoms with Crippen molar-refractivity contribution in [2.24, 2.45) is 11.8 Å². The minimum absolute atomic E-state index is 0.0689. The summed E-state index contributed by atoms with van der Waals surface area (Å²) in [6.45, 7) is 1.02. The van der Waals surface area contributed by atoms with Crippen LogP contribution in [0.5, 0.6) is 11.6 Å². The summed E-state index contributed by atoms with van der Waals surface area (Å²) in [6.07, 6.45) is -2.56. The minimum atomic E-state index is -2.59. The third-order valence-electron chi connectivity index (χ3n) is 5.88. The van der Waals surface area contributed by atoms with Crippen molar-refractivity contribution < 1.29 is 28.2 Å². The highest BCUT2D eigenvalue weighted by Crippen LogP contribution is 2.45. The van der Waals surface area contributed by atoms with E-state index in [2.05, 4.69) is 15.3 Å². The van der Waals surface area contributed by atoms with Crippen LogP contribution in [0.1, 0.15) is 22.5 Å². The quantitative estimate of drug-likeness (QED) is 0.627. The number of aromatic nitrogens is 2. The van der Waals surface area contributed by atoms with Crippen LogP contribution in [0, 0.1) is 11.8 Å². The van der Waals surface area contributed by atoms with E-state index in [0.29, 0.717) is 30.0 Å². The molecule has 1 aromatic carbocycles. The lowest BCUT2D eigenvalue weighted by atomic mass is 10.2. The Morgan fingerprint density at radius 1 is 1.12 bits per heavy atom. The molecule has 0 spiro atoms. The van der Waals surface area contributed by atoms with Gasteiger partial charge in [-0.25, -0.2) is 23.5 Å². The van der Waals surface area contributed by atoms with Crippen LogP contribution >= 0.6 is 0 Å². The number of rotatable bonds is 5. The Labute approximate surface area is 180 Å². The maximum atomic E-state index is 12.8. The number of pyridine rings is 2. The molecule has 0 unspecified atom stereocenters. The van der Waals surface area contributed by atoms with Crippen LogP contribution in [0.25, 0.3) is 10.9 Å². The number of carbonyl (C=O) groups excluding carboxylic acids is 1. The van der Waals surface area contributed by atoms with E-state index >= 15 is 0 Å². The van der Waals surface area contributed by atoms with Crippen LogP contribution in [0.15, 0.2) is 48.7 Å². The Balaban J connectivity index is 1.26. The highest BCUT2D eigenvalue weighted by molar-refractivity contribution is 5.95. The van der Waals surface area contributed by atoms with Crippen LogP contribution in [0.2, 0.25) is 0 Å². The van der Waals surface area contributed by atoms with Gasteiger partial charge in [-0.3, -0.25) is 4.79 Å². The number of nitrogens with zero attached hydrogens (tertiary/aromatic N) is 3. The maximum absolute atomic E-state index is 12.8. The van der Waals surface area contributed by atoms with E-state index in [1.165, 1.54) is 12.1 Å². The van der Waals surface area contributed by atoms with Crippen molar-refractivity contribution in [2.75, 3.05) is 13.1 Å². The van der Waals surface area contributed by atoms with E-state index in [0.717, 1.165) is 11.6 Å². The highest BCUT2D eigenvalue weighted by atomic mass is 19.3. The van der Waals surface area contributed by atoms with Crippen molar-refractivity contribution >= 4 is 22.9 Å². The number of hydrogen-bond acceptors (Lipinski definition) is 5. The number of amides is 2. The summed E-state index contributed by atoms with van der Waals surface area (Å²) in [5.74, 6) is 0.804. The van der Waals surface area contributed by atoms with E-state index in [1.54, 1.807) is 35.2 Å². The molecule has 32 heavy (non-hydrogen) atoms. The zero-order chi connectivity index (χ0) is 22.4. The monoisotopic (exact) mass is 440 g/mol. The molecule has 1 aliphatic carbocycles. The molecule has 3 atom stereocenters. The first-order valence-electron chi connectivity index (χ1n) is 10.0. The van der Waals surface area contributed by atoms with Crippen LogP contribution in [-0.2, 0) is 0 Å². The Bertz CT molecular complexity index is 1190. The SMILES string of the molecule is O=C(O)N[C@@H]1[C@@H]2CN(C(=O)c3ccc4cc(Oc5ccc(C(F)F)cn5)ccc4n3)C[C@@H]21. The molecule has 1 saturated carbocycles. The molecule has 1 saturated heterocycles. The number of alkyl halides is 2. The standard InChI is InChI=1S/C22H18F2N4O4/c23-20(24)12-2-6-18(25-8-12)32-13-3-5-16-11(7-13)1-4-17(26-16)21(29)28-9-14-15(10-28)19(14)27-22(30)31/h1-8,14-15,19-20,27H,9-10H2,(H,30,31)/t14-,15+,19-. The summed E-state index contributed by atoms with van der Waals surface area (Å²) in [7, 11) is 0. The number of ether oxygens (including phenoxy) is 1. The highest BCUT2D eigenvalue weighted by Gasteiger charge is 2.57. The molecule has 0 bridgehead atoms. The van der Waals surface area contributed by atoms with Gasteiger partial charge in [-0.2, -0.15) is 0 Å². The van der Waals surface area contributed by atoms with Gasteiger partial charge in [0.15, 0.2) is 0 Å². The normalized spacial score (nSPS) is 21.5. The second-order valence-corrected chi connectivity index (χ2v) is 7.90. The van der Waals surface area contributed by atoms with Gasteiger partial charge >= 0.3 is 6.09 Å². The summed E-state index contributed by atoms with van der Waals surface area (Å²) in [5, 5.41) is 12.1. The lowest BCUT2D eigenvalue weighted by molar-refractivity contribution is 0.0766. The number of carboxylic acid groups (broad SMARTS) is 1. The summed E-state index contributed by atoms with van der Waals surface area (Å²) >= 11 is 0. The number of likely N-dealkylation sites (tertiary alicyclic amines) is 1. The van der Waals surface area contributed by atoms with Crippen molar-refractivity contribution in [1.82, 2.24) is 20.2 Å². The molecule has 2 aromatic heterocycles. The van der Waals surface area contributed by atoms with Crippen LogP contribution in [-0.4, -0.2) is 51.1 Å². The first-order valence-corrected chi connectivity index (χ1v) is 10.0. The van der Waals surface area contributed by atoms with Crippen LogP contribution in [0.4, 0.5) is 13.6 Å². The maximum Gasteiger partial charge on any atom is 0.404 e. The van der Waals surface area contributed by atoms with Crippen molar-refractivity contribution in [1.29, 1.82) is 0 Å². The minimum Gasteiger partial charge on any atom is -0.465 e. The molecule has 8 nitrogen and oxygen atoms in total. The Morgan fingerprint density at radius 2 is 1.91 bits per heavy atom. The van der Waals surface area contributed by atoms with E-state index in [1.807, 2.05) is 0 Å². The Kier molecular flexibility index (Phi) is 4.84. The third kappa shape index (κ3) is 3.79. The molecule has 0 radical (unpaired) electrons. The number of carbonyl (C=O) groups is 2. The average molecular weight is 440 g/mol. The topological polar surface area (TPSA) is 105 Å². The first-order chi connectivity index (χ1) is 15.4. The zero-order valence-corrected chi connectivity index (χ0v) is 16.6. The van der Waals surface area contributed by atoms with Crippen molar-refractivity contribution in [2.45, 2.75) is 12.5 Å². The van der Waals surface area contributed by atoms with Gasteiger partial charge in [0, 0.05) is 54.2 Å². The second-order valence-electron chi connectivity index (χ2n) is 7.90. The number of hydrogen-bond donors (Lipinski definition) is 2. The molecule has 2 amide bonds. The predicted molar refractivity (Wildman–Crippen MR) is 109 cm³/mol. The average Bonchev–Trinajstić information content (AvgIpc) is 3.19. The predicted octanol–water partition coefficient (Wildman–Crippen LogP) is 3.70. The van der Waals surface area contributed by atoms with Crippen molar-refractivity contribution in [3.05, 3.63) is 59.9 Å². The van der Waals surface area contributed by atoms with Crippen molar-refractivity contribution in [3.8, 4) is 11.6 Å². The molecular weight excluding hydrogens is 422 g/mol. The fourth-order valence-corrected chi connectivity index (χ4v) is 4.20. The number of benzene rings is 1. The lowest BCUT2D eigenvalue weighted by Gasteiger charge is -2.19. The van der Waals surface area contributed by atoms with Gasteiger partial charge in [0.2, 0.25) is 5.88 Å². The van der Waals surface area contributed by atoms with Gasteiger partial charge in [0.25, 0.3) is 12.3 Å². The Morgan fingerprint density at radius 3 is 2.56 bits per heavy atom. The van der Waals surface area contributed by atoms with Gasteiger partial charge in [-0.1, -0.05) is 6.07 Å². The molecule has 1 aliphatic heterocycles. The van der Waals surface area contributed by atoms with Crippen molar-refractivity contribution in [3.63, 3.8) is 0 Å². The van der Waals surface area contributed by atoms with Crippen LogP contribution in [0.3, 0.4) is 0 Å². The van der Waals surface area contributed by atoms with Gasteiger partial charge in [-0.05, 0) is 30.3 Å². The molecule has 164 valence electrons. The molecule has 3 aromatic rings. The fraction of sp³-hybridized carbons (Fsp3) is 0.273. The van der Waals surface area contributed by atoms with E-state index in [4.69, 9.17) is 9.84 Å². The van der Waals surface area contributed by atoms with Gasteiger partial charge in [-0.15, -0.1) is 0 Å². The number of fused-ring (bicyclic) bond motifs is 2. The molecule has 2 aliphatic rings. The number of piperidine rings is 1. The van der Waals surface area contributed by atoms with Crippen LogP contribution < -0.4 is 10.1 Å². The number of nitrogens with one attached hydrogen (secondary N) is 1.